The Kier molecular flexibility index (Phi) is 5.18. The molecule has 6 heteroatoms. The third kappa shape index (κ3) is 3.44. The molecule has 0 aliphatic rings. The maximum absolute atomic E-state index is 11.4. The van der Waals surface area contributed by atoms with Crippen molar-refractivity contribution in [3.63, 3.8) is 0 Å². The normalized spacial score (nSPS) is 12.2. The van der Waals surface area contributed by atoms with E-state index in [1.165, 1.54) is 13.4 Å². The van der Waals surface area contributed by atoms with Crippen LogP contribution in [0.25, 0.3) is 0 Å². The summed E-state index contributed by atoms with van der Waals surface area (Å²) in [4.78, 5) is 17.9. The van der Waals surface area contributed by atoms with Crippen LogP contribution in [0.2, 0.25) is 0 Å². The van der Waals surface area contributed by atoms with E-state index in [2.05, 4.69) is 28.5 Å². The summed E-state index contributed by atoms with van der Waals surface area (Å²) in [6.07, 6.45) is 4.46. The molecule has 2 N–H and O–H groups in total. The maximum Gasteiger partial charge on any atom is 0.295 e. The van der Waals surface area contributed by atoms with Crippen LogP contribution in [0.5, 0.6) is 5.75 Å². The third-order valence-corrected chi connectivity index (χ3v) is 3.30. The van der Waals surface area contributed by atoms with E-state index in [0.717, 1.165) is 13.0 Å². The molecule has 0 spiro atoms. The zero-order valence-corrected chi connectivity index (χ0v) is 10.6. The summed E-state index contributed by atoms with van der Waals surface area (Å²) in [5.41, 5.74) is -0.266. The van der Waals surface area contributed by atoms with Crippen LogP contribution in [0.4, 0.5) is 5.82 Å². The Bertz CT molecular complexity index is 381. The Morgan fingerprint density at radius 2 is 2.44 bits per heavy atom. The van der Waals surface area contributed by atoms with Gasteiger partial charge in [0.25, 0.3) is 5.56 Å². The quantitative estimate of drug-likeness (QED) is 0.789. The fourth-order valence-corrected chi connectivity index (χ4v) is 1.57. The first-order valence-electron chi connectivity index (χ1n) is 5.07. The molecule has 0 saturated heterocycles. The van der Waals surface area contributed by atoms with Gasteiger partial charge in [0.2, 0.25) is 5.75 Å². The highest BCUT2D eigenvalue weighted by Crippen LogP contribution is 2.15. The molecule has 1 unspecified atom stereocenters. The number of ether oxygens (including phenoxy) is 1. The summed E-state index contributed by atoms with van der Waals surface area (Å²) in [5, 5.41) is 3.68. The van der Waals surface area contributed by atoms with E-state index in [1.807, 2.05) is 11.8 Å². The summed E-state index contributed by atoms with van der Waals surface area (Å²) in [7, 11) is 1.46. The lowest BCUT2D eigenvalue weighted by atomic mass is 10.3. The number of H-pyrrole nitrogens is 1. The van der Waals surface area contributed by atoms with Gasteiger partial charge in [0.05, 0.1) is 13.4 Å². The predicted molar refractivity (Wildman–Crippen MR) is 67.5 cm³/mol. The largest absolute Gasteiger partial charge is 0.489 e. The number of rotatable bonds is 6. The number of hydrogen-bond donors (Lipinski definition) is 2. The minimum atomic E-state index is -0.266. The highest BCUT2D eigenvalue weighted by molar-refractivity contribution is 7.99. The van der Waals surface area contributed by atoms with Gasteiger partial charge in [0, 0.05) is 11.8 Å². The molecule has 0 aliphatic carbocycles. The Balaban J connectivity index is 2.60. The summed E-state index contributed by atoms with van der Waals surface area (Å²) in [5.74, 6) is 0.735. The number of thioether (sulfide) groups is 1. The average molecular weight is 243 g/mol. The van der Waals surface area contributed by atoms with Gasteiger partial charge in [0.15, 0.2) is 5.82 Å². The summed E-state index contributed by atoms with van der Waals surface area (Å²) < 4.78 is 4.99. The van der Waals surface area contributed by atoms with Crippen LogP contribution in [0.15, 0.2) is 11.1 Å². The number of anilines is 1. The van der Waals surface area contributed by atoms with E-state index < -0.39 is 0 Å². The number of hydrogen-bond acceptors (Lipinski definition) is 5. The minimum Gasteiger partial charge on any atom is -0.489 e. The molecule has 1 atom stereocenters. The van der Waals surface area contributed by atoms with Crippen molar-refractivity contribution in [3.05, 3.63) is 16.7 Å². The van der Waals surface area contributed by atoms with Gasteiger partial charge in [-0.3, -0.25) is 4.79 Å². The molecular weight excluding hydrogens is 226 g/mol. The van der Waals surface area contributed by atoms with Gasteiger partial charge in [-0.15, -0.1) is 0 Å². The van der Waals surface area contributed by atoms with Gasteiger partial charge in [-0.25, -0.2) is 4.98 Å². The first kappa shape index (κ1) is 12.9. The molecule has 1 heterocycles. The van der Waals surface area contributed by atoms with E-state index in [9.17, 15) is 4.79 Å². The number of aromatic amines is 1. The van der Waals surface area contributed by atoms with Gasteiger partial charge >= 0.3 is 0 Å². The van der Waals surface area contributed by atoms with Crippen LogP contribution >= 0.6 is 11.8 Å². The van der Waals surface area contributed by atoms with Crippen LogP contribution in [-0.2, 0) is 0 Å². The molecule has 16 heavy (non-hydrogen) atoms. The van der Waals surface area contributed by atoms with Crippen molar-refractivity contribution in [1.82, 2.24) is 9.97 Å². The van der Waals surface area contributed by atoms with Crippen molar-refractivity contribution < 1.29 is 4.74 Å². The molecule has 0 saturated carbocycles. The first-order chi connectivity index (χ1) is 7.69. The van der Waals surface area contributed by atoms with Crippen molar-refractivity contribution in [1.29, 1.82) is 0 Å². The van der Waals surface area contributed by atoms with Crippen molar-refractivity contribution >= 4 is 17.6 Å². The number of aromatic nitrogens is 2. The monoisotopic (exact) mass is 243 g/mol. The van der Waals surface area contributed by atoms with Crippen molar-refractivity contribution in [3.8, 4) is 5.75 Å². The Hall–Kier alpha value is -1.17. The lowest BCUT2D eigenvalue weighted by Crippen LogP contribution is -2.15. The molecule has 0 amide bonds. The highest BCUT2D eigenvalue weighted by Gasteiger charge is 2.08. The van der Waals surface area contributed by atoms with Crippen molar-refractivity contribution in [2.24, 2.45) is 0 Å². The summed E-state index contributed by atoms with van der Waals surface area (Å²) in [6.45, 7) is 2.93. The van der Waals surface area contributed by atoms with Gasteiger partial charge < -0.3 is 15.0 Å². The second kappa shape index (κ2) is 6.42. The van der Waals surface area contributed by atoms with Crippen molar-refractivity contribution in [2.45, 2.75) is 18.6 Å². The van der Waals surface area contributed by atoms with Gasteiger partial charge in [0.1, 0.15) is 0 Å². The lowest BCUT2D eigenvalue weighted by Gasteiger charge is -2.11. The van der Waals surface area contributed by atoms with E-state index >= 15 is 0 Å². The Morgan fingerprint density at radius 3 is 3.06 bits per heavy atom. The topological polar surface area (TPSA) is 67.0 Å². The van der Waals surface area contributed by atoms with Gasteiger partial charge in [-0.1, -0.05) is 6.92 Å². The van der Waals surface area contributed by atoms with E-state index in [1.54, 1.807) is 0 Å². The van der Waals surface area contributed by atoms with Gasteiger partial charge in [-0.2, -0.15) is 11.8 Å². The molecule has 0 aliphatic heterocycles. The standard InChI is InChI=1S/C10H17N3O2S/c1-7(16-3)4-5-11-9-8(15-2)10(14)13-6-12-9/h6-7H,4-5H2,1-3H3,(H2,11,12,13,14). The molecule has 1 aromatic heterocycles. The molecule has 0 radical (unpaired) electrons. The first-order valence-corrected chi connectivity index (χ1v) is 6.36. The van der Waals surface area contributed by atoms with Crippen LogP contribution in [0.1, 0.15) is 13.3 Å². The van der Waals surface area contributed by atoms with Crippen LogP contribution in [0.3, 0.4) is 0 Å². The smallest absolute Gasteiger partial charge is 0.295 e. The Labute approximate surface area is 99.0 Å². The van der Waals surface area contributed by atoms with E-state index in [0.29, 0.717) is 11.1 Å². The fourth-order valence-electron chi connectivity index (χ4n) is 1.21. The molecule has 0 bridgehead atoms. The highest BCUT2D eigenvalue weighted by atomic mass is 32.2. The second-order valence-electron chi connectivity index (χ2n) is 3.38. The second-order valence-corrected chi connectivity index (χ2v) is 4.65. The number of nitrogens with one attached hydrogen (secondary N) is 2. The third-order valence-electron chi connectivity index (χ3n) is 2.26. The molecule has 5 nitrogen and oxygen atoms in total. The lowest BCUT2D eigenvalue weighted by molar-refractivity contribution is 0.408. The fraction of sp³-hybridized carbons (Fsp3) is 0.600. The van der Waals surface area contributed by atoms with Crippen LogP contribution < -0.4 is 15.6 Å². The zero-order valence-electron chi connectivity index (χ0n) is 9.74. The molecule has 90 valence electrons. The number of nitrogens with zero attached hydrogens (tertiary/aromatic N) is 1. The average Bonchev–Trinajstić information content (AvgIpc) is 2.29. The van der Waals surface area contributed by atoms with Crippen molar-refractivity contribution in [2.75, 3.05) is 25.2 Å². The van der Waals surface area contributed by atoms with Gasteiger partial charge in [-0.05, 0) is 12.7 Å². The molecule has 1 rings (SSSR count). The zero-order chi connectivity index (χ0) is 12.0. The SMILES string of the molecule is COc1c(NCCC(C)SC)nc[nH]c1=O. The predicted octanol–water partition coefficient (Wildman–Crippen LogP) is 1.33. The van der Waals surface area contributed by atoms with Crippen LogP contribution in [-0.4, -0.2) is 35.1 Å². The molecular formula is C10H17N3O2S. The van der Waals surface area contributed by atoms with E-state index in [4.69, 9.17) is 4.74 Å². The summed E-state index contributed by atoms with van der Waals surface area (Å²) >= 11 is 1.81. The number of methoxy groups -OCH3 is 1. The van der Waals surface area contributed by atoms with E-state index in [-0.39, 0.29) is 11.3 Å². The summed E-state index contributed by atoms with van der Waals surface area (Å²) in [6, 6.07) is 0. The molecule has 0 aromatic carbocycles. The minimum absolute atomic E-state index is 0.235. The Morgan fingerprint density at radius 1 is 1.69 bits per heavy atom. The van der Waals surface area contributed by atoms with Crippen LogP contribution in [0, 0.1) is 0 Å². The molecule has 1 aromatic rings. The maximum atomic E-state index is 11.4. The molecule has 0 fully saturated rings.